The van der Waals surface area contributed by atoms with Crippen LogP contribution in [0.3, 0.4) is 0 Å². The smallest absolute Gasteiger partial charge is 0.307 e. The van der Waals surface area contributed by atoms with E-state index >= 15 is 0 Å². The third-order valence-corrected chi connectivity index (χ3v) is 5.26. The van der Waals surface area contributed by atoms with Gasteiger partial charge in [-0.25, -0.2) is 0 Å². The molecule has 3 heteroatoms. The summed E-state index contributed by atoms with van der Waals surface area (Å²) in [5, 5.41) is 12.8. The van der Waals surface area contributed by atoms with Gasteiger partial charge in [0.2, 0.25) is 0 Å². The van der Waals surface area contributed by atoms with Gasteiger partial charge in [0.05, 0.1) is 6.42 Å². The molecule has 0 saturated carbocycles. The van der Waals surface area contributed by atoms with Crippen LogP contribution in [0.5, 0.6) is 0 Å². The van der Waals surface area contributed by atoms with E-state index in [1.54, 1.807) is 0 Å². The minimum absolute atomic E-state index is 0.0154. The molecule has 0 unspecified atom stereocenters. The number of nitrogens with one attached hydrogen (secondary N) is 1. The summed E-state index contributed by atoms with van der Waals surface area (Å²) in [4.78, 5) is 11.0. The Morgan fingerprint density at radius 1 is 0.633 bits per heavy atom. The van der Waals surface area contributed by atoms with E-state index in [-0.39, 0.29) is 6.42 Å². The molecule has 4 aromatic carbocycles. The van der Waals surface area contributed by atoms with E-state index in [9.17, 15) is 4.79 Å². The van der Waals surface area contributed by atoms with Gasteiger partial charge >= 0.3 is 5.97 Å². The molecule has 0 aliphatic rings. The van der Waals surface area contributed by atoms with E-state index in [4.69, 9.17) is 5.11 Å². The number of carboxylic acid groups (broad SMARTS) is 1. The Hall–Kier alpha value is -3.85. The van der Waals surface area contributed by atoms with Gasteiger partial charge in [-0.2, -0.15) is 0 Å². The van der Waals surface area contributed by atoms with E-state index in [1.807, 2.05) is 78.9 Å². The lowest BCUT2D eigenvalue weighted by Crippen LogP contribution is -2.38. The fourth-order valence-electron chi connectivity index (χ4n) is 3.88. The zero-order valence-electron chi connectivity index (χ0n) is 16.5. The number of carbonyl (C=O) groups is 1. The summed E-state index contributed by atoms with van der Waals surface area (Å²) in [5.74, 6) is -0.831. The Morgan fingerprint density at radius 3 is 1.40 bits per heavy atom. The van der Waals surface area contributed by atoms with Gasteiger partial charge in [0, 0.05) is 5.69 Å². The van der Waals surface area contributed by atoms with Gasteiger partial charge in [0.1, 0.15) is 5.54 Å². The molecule has 4 rings (SSSR count). The lowest BCUT2D eigenvalue weighted by atomic mass is 9.77. The maximum atomic E-state index is 11.0. The van der Waals surface area contributed by atoms with Crippen LogP contribution in [0, 0.1) is 0 Å². The van der Waals surface area contributed by atoms with Crippen molar-refractivity contribution in [1.29, 1.82) is 0 Å². The Morgan fingerprint density at radius 2 is 1.03 bits per heavy atom. The van der Waals surface area contributed by atoms with E-state index < -0.39 is 11.5 Å². The van der Waals surface area contributed by atoms with E-state index in [2.05, 4.69) is 41.7 Å². The van der Waals surface area contributed by atoms with Crippen LogP contribution in [0.25, 0.3) is 0 Å². The van der Waals surface area contributed by atoms with Crippen molar-refractivity contribution >= 4 is 11.7 Å². The molecular formula is C27H23NO2. The molecule has 0 radical (unpaired) electrons. The lowest BCUT2D eigenvalue weighted by molar-refractivity contribution is -0.136. The van der Waals surface area contributed by atoms with Crippen LogP contribution in [-0.4, -0.2) is 11.1 Å². The van der Waals surface area contributed by atoms with Crippen LogP contribution in [0.2, 0.25) is 0 Å². The molecule has 4 aromatic rings. The highest BCUT2D eigenvalue weighted by molar-refractivity contribution is 5.70. The fourth-order valence-corrected chi connectivity index (χ4v) is 3.88. The summed E-state index contributed by atoms with van der Waals surface area (Å²) in [7, 11) is 0. The van der Waals surface area contributed by atoms with Crippen LogP contribution >= 0.6 is 0 Å². The van der Waals surface area contributed by atoms with E-state index in [0.29, 0.717) is 0 Å². The number of hydrogen-bond donors (Lipinski definition) is 2. The Labute approximate surface area is 176 Å². The molecular weight excluding hydrogens is 370 g/mol. The van der Waals surface area contributed by atoms with Crippen molar-refractivity contribution in [2.24, 2.45) is 0 Å². The molecule has 30 heavy (non-hydrogen) atoms. The molecule has 0 spiro atoms. The predicted molar refractivity (Wildman–Crippen MR) is 121 cm³/mol. The number of benzene rings is 4. The summed E-state index contributed by atoms with van der Waals surface area (Å²) < 4.78 is 0. The molecule has 3 nitrogen and oxygen atoms in total. The molecule has 0 heterocycles. The predicted octanol–water partition coefficient (Wildman–Crippen LogP) is 5.72. The van der Waals surface area contributed by atoms with Gasteiger partial charge in [-0.05, 0) is 34.4 Å². The number of hydrogen-bond acceptors (Lipinski definition) is 2. The van der Waals surface area contributed by atoms with E-state index in [0.717, 1.165) is 27.9 Å². The summed E-state index contributed by atoms with van der Waals surface area (Å²) in [6, 6.07) is 38.8. The SMILES string of the molecule is O=C(O)Cc1ccc(NC(c2ccccc2)(c2ccccc2)c2ccccc2)cc1. The van der Waals surface area contributed by atoms with Crippen molar-refractivity contribution in [3.8, 4) is 0 Å². The van der Waals surface area contributed by atoms with Crippen LogP contribution in [0.4, 0.5) is 5.69 Å². The lowest BCUT2D eigenvalue weighted by Gasteiger charge is -2.38. The van der Waals surface area contributed by atoms with Gasteiger partial charge in [-0.1, -0.05) is 103 Å². The van der Waals surface area contributed by atoms with Crippen molar-refractivity contribution in [1.82, 2.24) is 0 Å². The zero-order valence-corrected chi connectivity index (χ0v) is 16.5. The first-order valence-corrected chi connectivity index (χ1v) is 9.94. The van der Waals surface area contributed by atoms with Gasteiger partial charge in [-0.3, -0.25) is 4.79 Å². The van der Waals surface area contributed by atoms with Gasteiger partial charge in [-0.15, -0.1) is 0 Å². The molecule has 0 aliphatic carbocycles. The molecule has 148 valence electrons. The van der Waals surface area contributed by atoms with Crippen molar-refractivity contribution in [3.05, 3.63) is 138 Å². The quantitative estimate of drug-likeness (QED) is 0.395. The number of anilines is 1. The molecule has 0 saturated heterocycles. The topological polar surface area (TPSA) is 49.3 Å². The maximum absolute atomic E-state index is 11.0. The molecule has 0 bridgehead atoms. The second-order valence-electron chi connectivity index (χ2n) is 7.24. The van der Waals surface area contributed by atoms with Crippen LogP contribution in [0.1, 0.15) is 22.3 Å². The van der Waals surface area contributed by atoms with Crippen molar-refractivity contribution in [3.63, 3.8) is 0 Å². The Kier molecular flexibility index (Phi) is 5.62. The Bertz CT molecular complexity index is 995. The summed E-state index contributed by atoms with van der Waals surface area (Å²) in [6.07, 6.45) is 0.0154. The normalized spacial score (nSPS) is 11.1. The van der Waals surface area contributed by atoms with Gasteiger partial charge in [0.15, 0.2) is 0 Å². The molecule has 0 fully saturated rings. The van der Waals surface area contributed by atoms with Gasteiger partial charge in [0.25, 0.3) is 0 Å². The standard InChI is InChI=1S/C27H23NO2/c29-26(30)20-21-16-18-25(19-17-21)28-27(22-10-4-1-5-11-22,23-12-6-2-7-13-23)24-14-8-3-9-15-24/h1-19,28H,20H2,(H,29,30). The molecule has 0 amide bonds. The average molecular weight is 393 g/mol. The highest BCUT2D eigenvalue weighted by Crippen LogP contribution is 2.39. The first-order chi connectivity index (χ1) is 14.7. The van der Waals surface area contributed by atoms with Crippen LogP contribution in [-0.2, 0) is 16.8 Å². The fraction of sp³-hybridized carbons (Fsp3) is 0.0741. The van der Waals surface area contributed by atoms with Gasteiger partial charge < -0.3 is 10.4 Å². The van der Waals surface area contributed by atoms with E-state index in [1.165, 1.54) is 0 Å². The third-order valence-electron chi connectivity index (χ3n) is 5.26. The highest BCUT2D eigenvalue weighted by atomic mass is 16.4. The first-order valence-electron chi connectivity index (χ1n) is 9.94. The Balaban J connectivity index is 1.88. The summed E-state index contributed by atoms with van der Waals surface area (Å²) in [5.41, 5.74) is 4.46. The van der Waals surface area contributed by atoms with Crippen molar-refractivity contribution in [2.45, 2.75) is 12.0 Å². The highest BCUT2D eigenvalue weighted by Gasteiger charge is 2.36. The van der Waals surface area contributed by atoms with Crippen molar-refractivity contribution in [2.75, 3.05) is 5.32 Å². The van der Waals surface area contributed by atoms with Crippen molar-refractivity contribution < 1.29 is 9.90 Å². The molecule has 0 aromatic heterocycles. The average Bonchev–Trinajstić information content (AvgIpc) is 2.80. The minimum atomic E-state index is -0.831. The number of aliphatic carboxylic acids is 1. The largest absolute Gasteiger partial charge is 0.481 e. The first kappa shape index (κ1) is 19.5. The van der Waals surface area contributed by atoms with Crippen LogP contribution < -0.4 is 5.32 Å². The third kappa shape index (κ3) is 3.96. The molecule has 2 N–H and O–H groups in total. The number of carboxylic acids is 1. The second-order valence-corrected chi connectivity index (χ2v) is 7.24. The molecule has 0 aliphatic heterocycles. The second kappa shape index (κ2) is 8.66. The minimum Gasteiger partial charge on any atom is -0.481 e. The number of rotatable bonds is 7. The monoisotopic (exact) mass is 393 g/mol. The summed E-state index contributed by atoms with van der Waals surface area (Å²) >= 11 is 0. The summed E-state index contributed by atoms with van der Waals surface area (Å²) in [6.45, 7) is 0. The van der Waals surface area contributed by atoms with Crippen LogP contribution in [0.15, 0.2) is 115 Å². The molecule has 0 atom stereocenters. The zero-order chi connectivity index (χ0) is 20.8. The maximum Gasteiger partial charge on any atom is 0.307 e.